The first-order valence-corrected chi connectivity index (χ1v) is 11.8. The molecule has 1 rings (SSSR count). The zero-order chi connectivity index (χ0) is 18.6. The van der Waals surface area contributed by atoms with Gasteiger partial charge in [-0.1, -0.05) is 106 Å². The van der Waals surface area contributed by atoms with Crippen LogP contribution < -0.4 is 0 Å². The van der Waals surface area contributed by atoms with Crippen LogP contribution in [0.3, 0.4) is 0 Å². The van der Waals surface area contributed by atoms with E-state index in [4.69, 9.17) is 0 Å². The lowest BCUT2D eigenvalue weighted by Gasteiger charge is -2.02. The molecule has 0 radical (unpaired) electrons. The van der Waals surface area contributed by atoms with Gasteiger partial charge < -0.3 is 0 Å². The number of alkyl halides is 1. The molecule has 1 heterocycles. The van der Waals surface area contributed by atoms with Gasteiger partial charge in [0.05, 0.1) is 0 Å². The van der Waals surface area contributed by atoms with Gasteiger partial charge in [-0.2, -0.15) is 0 Å². The van der Waals surface area contributed by atoms with Crippen LogP contribution in [0.15, 0.2) is 18.5 Å². The molecule has 0 bridgehead atoms. The van der Waals surface area contributed by atoms with Crippen molar-refractivity contribution >= 4 is 15.9 Å². The summed E-state index contributed by atoms with van der Waals surface area (Å²) in [6, 6.07) is 2.01. The van der Waals surface area contributed by atoms with Crippen LogP contribution in [0.25, 0.3) is 0 Å². The van der Waals surface area contributed by atoms with E-state index in [1.54, 1.807) is 0 Å². The van der Waals surface area contributed by atoms with Crippen LogP contribution >= 0.6 is 15.9 Å². The van der Waals surface area contributed by atoms with Gasteiger partial charge in [-0.05, 0) is 37.5 Å². The number of nitrogens with zero attached hydrogens (tertiary/aromatic N) is 1. The fourth-order valence-electron chi connectivity index (χ4n) is 2.83. The van der Waals surface area contributed by atoms with Crippen LogP contribution in [0, 0.1) is 13.8 Å². The number of aryl methyl sites for hydroxylation is 2. The summed E-state index contributed by atoms with van der Waals surface area (Å²) < 4.78 is 0. The van der Waals surface area contributed by atoms with Crippen LogP contribution in [-0.4, -0.2) is 10.3 Å². The number of rotatable bonds is 14. The lowest BCUT2D eigenvalue weighted by Crippen LogP contribution is -1.83. The molecule has 2 heteroatoms. The lowest BCUT2D eigenvalue weighted by atomic mass is 10.0. The van der Waals surface area contributed by atoms with Gasteiger partial charge in [-0.25, -0.2) is 0 Å². The first-order chi connectivity index (χ1) is 12.2. The molecule has 0 aliphatic rings. The van der Waals surface area contributed by atoms with E-state index in [9.17, 15) is 0 Å². The third-order valence-electron chi connectivity index (χ3n) is 4.79. The van der Waals surface area contributed by atoms with Gasteiger partial charge in [0, 0.05) is 17.7 Å². The molecule has 0 aliphatic heterocycles. The molecule has 0 atom stereocenters. The third-order valence-corrected chi connectivity index (χ3v) is 5.35. The fourth-order valence-corrected chi connectivity index (χ4v) is 3.23. The van der Waals surface area contributed by atoms with Crippen molar-refractivity contribution in [2.75, 3.05) is 5.33 Å². The molecule has 0 fully saturated rings. The van der Waals surface area contributed by atoms with Crippen molar-refractivity contribution in [1.29, 1.82) is 0 Å². The normalized spacial score (nSPS) is 10.4. The molecule has 1 aromatic heterocycles. The van der Waals surface area contributed by atoms with Crippen molar-refractivity contribution < 1.29 is 0 Å². The van der Waals surface area contributed by atoms with Gasteiger partial charge in [-0.3, -0.25) is 4.98 Å². The second-order valence-electron chi connectivity index (χ2n) is 7.25. The number of hydrogen-bond acceptors (Lipinski definition) is 1. The molecular formula is C23H42BrN. The van der Waals surface area contributed by atoms with Crippen LogP contribution in [-0.2, 0) is 0 Å². The summed E-state index contributed by atoms with van der Waals surface area (Å²) >= 11 is 3.48. The molecule has 1 aromatic rings. The van der Waals surface area contributed by atoms with Crippen molar-refractivity contribution in [3.8, 4) is 0 Å². The van der Waals surface area contributed by atoms with Crippen molar-refractivity contribution in [2.45, 2.75) is 111 Å². The van der Waals surface area contributed by atoms with E-state index in [1.165, 1.54) is 106 Å². The topological polar surface area (TPSA) is 12.9 Å². The average Bonchev–Trinajstić information content (AvgIpc) is 2.62. The Kier molecular flexibility index (Phi) is 19.7. The second-order valence-corrected chi connectivity index (χ2v) is 8.04. The molecule has 1 nitrogen and oxygen atoms in total. The number of hydrogen-bond donors (Lipinski definition) is 0. The van der Waals surface area contributed by atoms with Crippen LogP contribution in [0.5, 0.6) is 0 Å². The summed E-state index contributed by atoms with van der Waals surface area (Å²) in [4.78, 5) is 3.95. The predicted molar refractivity (Wildman–Crippen MR) is 118 cm³/mol. The summed E-state index contributed by atoms with van der Waals surface area (Å²) in [7, 11) is 0. The minimum absolute atomic E-state index is 1.19. The molecule has 25 heavy (non-hydrogen) atoms. The van der Waals surface area contributed by atoms with E-state index in [1.807, 2.05) is 18.5 Å². The van der Waals surface area contributed by atoms with Crippen molar-refractivity contribution in [2.24, 2.45) is 0 Å². The van der Waals surface area contributed by atoms with Crippen molar-refractivity contribution in [1.82, 2.24) is 4.98 Å². The lowest BCUT2D eigenvalue weighted by molar-refractivity contribution is 0.538. The SMILES string of the molecule is CCCCCCCCCCCCCCCCBr.Cc1ccncc1C. The molecule has 0 aromatic carbocycles. The Morgan fingerprint density at radius 1 is 0.680 bits per heavy atom. The summed E-state index contributed by atoms with van der Waals surface area (Å²) in [5, 5.41) is 1.19. The minimum atomic E-state index is 1.19. The number of halogens is 1. The molecule has 0 N–H and O–H groups in total. The van der Waals surface area contributed by atoms with Gasteiger partial charge in [0.15, 0.2) is 0 Å². The molecule has 0 amide bonds. The summed E-state index contributed by atoms with van der Waals surface area (Å²) in [6.07, 6.45) is 24.0. The molecule has 0 saturated heterocycles. The first kappa shape index (κ1) is 24.6. The summed E-state index contributed by atoms with van der Waals surface area (Å²) in [6.45, 7) is 6.43. The van der Waals surface area contributed by atoms with E-state index < -0.39 is 0 Å². The maximum atomic E-state index is 3.95. The highest BCUT2D eigenvalue weighted by Gasteiger charge is 1.93. The van der Waals surface area contributed by atoms with Crippen LogP contribution in [0.1, 0.15) is 108 Å². The quantitative estimate of drug-likeness (QED) is 0.220. The van der Waals surface area contributed by atoms with E-state index >= 15 is 0 Å². The molecular weight excluding hydrogens is 370 g/mol. The molecule has 146 valence electrons. The second kappa shape index (κ2) is 19.9. The molecule has 0 spiro atoms. The van der Waals surface area contributed by atoms with E-state index in [-0.39, 0.29) is 0 Å². The average molecular weight is 413 g/mol. The zero-order valence-electron chi connectivity index (χ0n) is 17.2. The fraction of sp³-hybridized carbons (Fsp3) is 0.783. The standard InChI is InChI=1S/C16H33Br.C7H9N/c1-2-3-4-5-6-7-8-9-10-11-12-13-14-15-16-17;1-6-3-4-8-5-7(6)2/h2-16H2,1H3;3-5H,1-2H3. The third kappa shape index (κ3) is 18.2. The monoisotopic (exact) mass is 411 g/mol. The zero-order valence-corrected chi connectivity index (χ0v) is 18.7. The Morgan fingerprint density at radius 2 is 1.12 bits per heavy atom. The predicted octanol–water partition coefficient (Wildman–Crippen LogP) is 8.56. The highest BCUT2D eigenvalue weighted by atomic mass is 79.9. The Hall–Kier alpha value is -0.370. The smallest absolute Gasteiger partial charge is 0.0299 e. The Labute approximate surface area is 166 Å². The van der Waals surface area contributed by atoms with Crippen molar-refractivity contribution in [3.63, 3.8) is 0 Å². The van der Waals surface area contributed by atoms with E-state index in [2.05, 4.69) is 41.7 Å². The minimum Gasteiger partial charge on any atom is -0.264 e. The number of unbranched alkanes of at least 4 members (excludes halogenated alkanes) is 13. The van der Waals surface area contributed by atoms with Gasteiger partial charge in [0.1, 0.15) is 0 Å². The highest BCUT2D eigenvalue weighted by molar-refractivity contribution is 9.09. The van der Waals surface area contributed by atoms with Crippen LogP contribution in [0.4, 0.5) is 0 Å². The maximum Gasteiger partial charge on any atom is 0.0299 e. The van der Waals surface area contributed by atoms with Crippen LogP contribution in [0.2, 0.25) is 0 Å². The highest BCUT2D eigenvalue weighted by Crippen LogP contribution is 2.13. The molecule has 0 unspecified atom stereocenters. The molecule has 0 saturated carbocycles. The van der Waals surface area contributed by atoms with Gasteiger partial charge in [0.2, 0.25) is 0 Å². The Morgan fingerprint density at radius 3 is 1.44 bits per heavy atom. The number of aromatic nitrogens is 1. The Balaban J connectivity index is 0.000000593. The van der Waals surface area contributed by atoms with Crippen molar-refractivity contribution in [3.05, 3.63) is 29.6 Å². The number of pyridine rings is 1. The van der Waals surface area contributed by atoms with Gasteiger partial charge in [0.25, 0.3) is 0 Å². The molecule has 0 aliphatic carbocycles. The summed E-state index contributed by atoms with van der Waals surface area (Å²) in [5.74, 6) is 0. The Bertz CT molecular complexity index is 343. The van der Waals surface area contributed by atoms with E-state index in [0.29, 0.717) is 0 Å². The van der Waals surface area contributed by atoms with Gasteiger partial charge in [-0.15, -0.1) is 0 Å². The largest absolute Gasteiger partial charge is 0.264 e. The van der Waals surface area contributed by atoms with E-state index in [0.717, 1.165) is 0 Å². The maximum absolute atomic E-state index is 3.95. The summed E-state index contributed by atoms with van der Waals surface area (Å²) in [5.41, 5.74) is 2.56. The van der Waals surface area contributed by atoms with Gasteiger partial charge >= 0.3 is 0 Å². The first-order valence-electron chi connectivity index (χ1n) is 10.7.